The van der Waals surface area contributed by atoms with Crippen LogP contribution in [-0.4, -0.2) is 39.7 Å². The van der Waals surface area contributed by atoms with Crippen LogP contribution in [0.4, 0.5) is 0 Å². The highest BCUT2D eigenvalue weighted by Gasteiger charge is 2.20. The summed E-state index contributed by atoms with van der Waals surface area (Å²) in [6.45, 7) is 1.25. The highest BCUT2D eigenvalue weighted by molar-refractivity contribution is 6.14. The minimum Gasteiger partial charge on any atom is -0.481 e. The molecule has 8 N–H and O–H groups in total. The molecule has 1 aromatic rings. The second kappa shape index (κ2) is 9.66. The molecular formula is C13H16N4O7. The number of Topliss-reactive ketones (excluding diaryl/α,β-unsaturated/α-hetero) is 1. The first-order chi connectivity index (χ1) is 11.1. The molecule has 2 amide bonds. The molecule has 0 heterocycles. The summed E-state index contributed by atoms with van der Waals surface area (Å²) in [5.41, 5.74) is 3.86. The summed E-state index contributed by atoms with van der Waals surface area (Å²) in [5.74, 6) is 5.64. The molecule has 0 aromatic heterocycles. The maximum Gasteiger partial charge on any atom is 0.314 e. The van der Waals surface area contributed by atoms with E-state index in [9.17, 15) is 24.0 Å². The van der Waals surface area contributed by atoms with Crippen molar-refractivity contribution in [2.24, 2.45) is 11.7 Å². The molecule has 0 saturated carbocycles. The van der Waals surface area contributed by atoms with Crippen LogP contribution >= 0.6 is 0 Å². The monoisotopic (exact) mass is 340 g/mol. The van der Waals surface area contributed by atoms with E-state index < -0.39 is 36.0 Å². The zero-order valence-corrected chi connectivity index (χ0v) is 12.5. The van der Waals surface area contributed by atoms with Gasteiger partial charge in [0.2, 0.25) is 0 Å². The first-order valence-electron chi connectivity index (χ1n) is 6.25. The third-order valence-corrected chi connectivity index (χ3v) is 2.47. The molecule has 0 aliphatic rings. The van der Waals surface area contributed by atoms with E-state index in [0.29, 0.717) is 0 Å². The fourth-order valence-electron chi connectivity index (χ4n) is 1.59. The van der Waals surface area contributed by atoms with Crippen LogP contribution in [0.15, 0.2) is 18.2 Å². The van der Waals surface area contributed by atoms with Crippen molar-refractivity contribution in [1.82, 2.24) is 10.9 Å². The minimum absolute atomic E-state index is 0.0154. The molecule has 0 bridgehead atoms. The van der Waals surface area contributed by atoms with Gasteiger partial charge in [0, 0.05) is 5.56 Å². The van der Waals surface area contributed by atoms with E-state index in [-0.39, 0.29) is 16.7 Å². The third kappa shape index (κ3) is 6.21. The second-order valence-corrected chi connectivity index (χ2v) is 4.20. The summed E-state index contributed by atoms with van der Waals surface area (Å²) < 4.78 is 0. The molecule has 0 saturated heterocycles. The van der Waals surface area contributed by atoms with Crippen LogP contribution in [0, 0.1) is 0 Å². The van der Waals surface area contributed by atoms with E-state index in [4.69, 9.17) is 21.9 Å². The Balaban J connectivity index is 0.000000640. The minimum atomic E-state index is -1.31. The molecule has 130 valence electrons. The number of hydrogen-bond acceptors (Lipinski definition) is 7. The first-order valence-corrected chi connectivity index (χ1v) is 6.25. The molecule has 0 fully saturated rings. The summed E-state index contributed by atoms with van der Waals surface area (Å²) in [6.07, 6.45) is -0.806. The predicted molar refractivity (Wildman–Crippen MR) is 79.6 cm³/mol. The van der Waals surface area contributed by atoms with Gasteiger partial charge in [-0.3, -0.25) is 34.8 Å². The number of carboxylic acid groups (broad SMARTS) is 2. The predicted octanol–water partition coefficient (Wildman–Crippen LogP) is -1.36. The number of hydrazine groups is 2. The van der Waals surface area contributed by atoms with Gasteiger partial charge < -0.3 is 10.2 Å². The first kappa shape index (κ1) is 20.7. The van der Waals surface area contributed by atoms with Gasteiger partial charge in [0.25, 0.3) is 11.8 Å². The number of benzene rings is 1. The number of rotatable bonds is 5. The Kier molecular flexibility index (Phi) is 8.32. The molecule has 11 nitrogen and oxygen atoms in total. The van der Waals surface area contributed by atoms with Crippen molar-refractivity contribution in [1.29, 1.82) is 0 Å². The van der Waals surface area contributed by atoms with Crippen molar-refractivity contribution in [3.05, 3.63) is 34.9 Å². The molecule has 1 aromatic carbocycles. The van der Waals surface area contributed by atoms with E-state index in [2.05, 4.69) is 0 Å². The number of ketones is 1. The highest BCUT2D eigenvalue weighted by Crippen LogP contribution is 2.15. The lowest BCUT2D eigenvalue weighted by atomic mass is 9.97. The van der Waals surface area contributed by atoms with Crippen LogP contribution in [0.25, 0.3) is 0 Å². The summed E-state index contributed by atoms with van der Waals surface area (Å²) >= 11 is 0. The summed E-state index contributed by atoms with van der Waals surface area (Å²) in [7, 11) is 0. The fraction of sp³-hybridized carbons (Fsp3) is 0.154. The van der Waals surface area contributed by atoms with Crippen LogP contribution in [-0.2, 0) is 9.59 Å². The zero-order chi connectivity index (χ0) is 18.9. The Morgan fingerprint density at radius 1 is 0.917 bits per heavy atom. The van der Waals surface area contributed by atoms with Crippen molar-refractivity contribution in [3.8, 4) is 0 Å². The molecule has 0 radical (unpaired) electrons. The van der Waals surface area contributed by atoms with E-state index in [1.807, 2.05) is 10.9 Å². The van der Waals surface area contributed by atoms with Gasteiger partial charge in [-0.2, -0.15) is 0 Å². The lowest BCUT2D eigenvalue weighted by Gasteiger charge is -2.10. The van der Waals surface area contributed by atoms with Crippen molar-refractivity contribution in [2.45, 2.75) is 13.3 Å². The molecule has 11 heteroatoms. The van der Waals surface area contributed by atoms with E-state index in [1.165, 1.54) is 25.1 Å². The number of carbonyl (C=O) groups is 5. The average molecular weight is 340 g/mol. The Morgan fingerprint density at radius 3 is 1.50 bits per heavy atom. The number of amides is 2. The molecule has 24 heavy (non-hydrogen) atoms. The van der Waals surface area contributed by atoms with E-state index in [1.54, 1.807) is 0 Å². The van der Waals surface area contributed by atoms with Gasteiger partial charge in [-0.05, 0) is 19.1 Å². The lowest BCUT2D eigenvalue weighted by molar-refractivity contribution is -0.147. The van der Waals surface area contributed by atoms with Gasteiger partial charge in [-0.15, -0.1) is 0 Å². The summed E-state index contributed by atoms with van der Waals surface area (Å²) in [5, 5.41) is 15.4. The number of carboxylic acids is 2. The smallest absolute Gasteiger partial charge is 0.314 e. The average Bonchev–Trinajstić information content (AvgIpc) is 2.51. The summed E-state index contributed by atoms with van der Waals surface area (Å²) in [4.78, 5) is 53.2. The van der Waals surface area contributed by atoms with Gasteiger partial charge in [0.1, 0.15) is 6.42 Å². The van der Waals surface area contributed by atoms with Gasteiger partial charge in [-0.25, -0.2) is 11.7 Å². The number of nitrogens with two attached hydrogens (primary N) is 2. The third-order valence-electron chi connectivity index (χ3n) is 2.47. The van der Waals surface area contributed by atoms with Crippen LogP contribution in [0.3, 0.4) is 0 Å². The Labute approximate surface area is 135 Å². The standard InChI is InChI=1S/C10H12N4O3.C3H4O4/c1-5(15)8-6(9(16)13-11)3-2-4-7(8)10(17)14-12;4-2(5)1-3(6)7/h2-4H,11-12H2,1H3,(H,13,16)(H,14,17);1H2,(H,4,5)(H,6,7). The maximum absolute atomic E-state index is 11.5. The molecular weight excluding hydrogens is 324 g/mol. The molecule has 0 aliphatic heterocycles. The van der Waals surface area contributed by atoms with Crippen LogP contribution in [0.2, 0.25) is 0 Å². The Morgan fingerprint density at radius 2 is 1.29 bits per heavy atom. The normalized spacial score (nSPS) is 9.12. The van der Waals surface area contributed by atoms with Crippen LogP contribution in [0.5, 0.6) is 0 Å². The number of carbonyl (C=O) groups excluding carboxylic acids is 3. The molecule has 0 atom stereocenters. The number of nitrogen functional groups attached to an aromatic ring is 2. The van der Waals surface area contributed by atoms with Crippen molar-refractivity contribution in [2.75, 3.05) is 0 Å². The number of aliphatic carboxylic acids is 2. The van der Waals surface area contributed by atoms with Crippen molar-refractivity contribution in [3.63, 3.8) is 0 Å². The largest absolute Gasteiger partial charge is 0.481 e. The summed E-state index contributed by atoms with van der Waals surface area (Å²) in [6, 6.07) is 4.25. The van der Waals surface area contributed by atoms with Gasteiger partial charge in [-0.1, -0.05) is 6.07 Å². The van der Waals surface area contributed by atoms with Gasteiger partial charge in [0.05, 0.1) is 11.1 Å². The SMILES string of the molecule is CC(=O)c1c(C(=O)NN)cccc1C(=O)NN.O=C(O)CC(=O)O. The Hall–Kier alpha value is -3.31. The molecule has 0 unspecified atom stereocenters. The maximum atomic E-state index is 11.5. The lowest BCUT2D eigenvalue weighted by Crippen LogP contribution is -2.34. The van der Waals surface area contributed by atoms with Crippen molar-refractivity contribution >= 4 is 29.5 Å². The highest BCUT2D eigenvalue weighted by atomic mass is 16.4. The Bertz CT molecular complexity index is 626. The van der Waals surface area contributed by atoms with Gasteiger partial charge in [0.15, 0.2) is 5.78 Å². The quantitative estimate of drug-likeness (QED) is 0.123. The van der Waals surface area contributed by atoms with Gasteiger partial charge >= 0.3 is 11.9 Å². The van der Waals surface area contributed by atoms with E-state index in [0.717, 1.165) is 0 Å². The van der Waals surface area contributed by atoms with Crippen LogP contribution in [0.1, 0.15) is 44.4 Å². The van der Waals surface area contributed by atoms with Crippen LogP contribution < -0.4 is 22.5 Å². The van der Waals surface area contributed by atoms with Crippen molar-refractivity contribution < 1.29 is 34.2 Å². The molecule has 0 aliphatic carbocycles. The molecule has 1 rings (SSSR count). The zero-order valence-electron chi connectivity index (χ0n) is 12.5. The second-order valence-electron chi connectivity index (χ2n) is 4.20. The fourth-order valence-corrected chi connectivity index (χ4v) is 1.59. The number of nitrogens with one attached hydrogen (secondary N) is 2. The topological polar surface area (TPSA) is 202 Å². The number of hydrogen-bond donors (Lipinski definition) is 6. The van der Waals surface area contributed by atoms with E-state index >= 15 is 0 Å². The molecule has 0 spiro atoms.